The Bertz CT molecular complexity index is 1110. The number of carbonyl (C=O) groups excluding carboxylic acids is 2. The smallest absolute Gasteiger partial charge is 0.341 e. The average molecular weight is 444 g/mol. The van der Waals surface area contributed by atoms with E-state index in [0.717, 1.165) is 21.6 Å². The molecule has 0 aliphatic carbocycles. The van der Waals surface area contributed by atoms with E-state index in [1.807, 2.05) is 51.1 Å². The zero-order valence-corrected chi connectivity index (χ0v) is 18.7. The van der Waals surface area contributed by atoms with E-state index < -0.39 is 5.97 Å². The van der Waals surface area contributed by atoms with E-state index >= 15 is 0 Å². The second kappa shape index (κ2) is 9.32. The van der Waals surface area contributed by atoms with Crippen LogP contribution < -0.4 is 10.1 Å². The predicted octanol–water partition coefficient (Wildman–Crippen LogP) is 5.80. The summed E-state index contributed by atoms with van der Waals surface area (Å²) in [6, 6.07) is 13.0. The maximum Gasteiger partial charge on any atom is 0.341 e. The van der Waals surface area contributed by atoms with Crippen LogP contribution in [0.4, 0.5) is 5.00 Å². The van der Waals surface area contributed by atoms with Crippen LogP contribution in [0.3, 0.4) is 0 Å². The summed E-state index contributed by atoms with van der Waals surface area (Å²) >= 11 is 7.44. The molecule has 156 valence electrons. The molecule has 1 aromatic heterocycles. The topological polar surface area (TPSA) is 64.6 Å². The third-order valence-corrected chi connectivity index (χ3v) is 5.78. The van der Waals surface area contributed by atoms with Gasteiger partial charge in [-0.2, -0.15) is 0 Å². The Balaban J connectivity index is 1.85. The number of amides is 1. The molecular formula is C23H22ClNO4S. The summed E-state index contributed by atoms with van der Waals surface area (Å²) < 4.78 is 10.6. The second-order valence-electron chi connectivity index (χ2n) is 6.85. The first-order valence-electron chi connectivity index (χ1n) is 9.27. The van der Waals surface area contributed by atoms with Crippen molar-refractivity contribution in [2.24, 2.45) is 0 Å². The SMILES string of the molecule is COC(=O)c1c(NC(=O)COc2ccc(C)cc2C)sc(C)c1-c1cccc(Cl)c1. The highest BCUT2D eigenvalue weighted by atomic mass is 35.5. The Morgan fingerprint density at radius 3 is 2.53 bits per heavy atom. The molecule has 1 N–H and O–H groups in total. The number of methoxy groups -OCH3 is 1. The summed E-state index contributed by atoms with van der Waals surface area (Å²) in [5.74, 6) is -0.245. The lowest BCUT2D eigenvalue weighted by atomic mass is 10.0. The van der Waals surface area contributed by atoms with E-state index in [4.69, 9.17) is 21.1 Å². The molecule has 0 fully saturated rings. The third kappa shape index (κ3) is 4.83. The van der Waals surface area contributed by atoms with Crippen molar-refractivity contribution < 1.29 is 19.1 Å². The van der Waals surface area contributed by atoms with Crippen molar-refractivity contribution in [1.82, 2.24) is 0 Å². The van der Waals surface area contributed by atoms with E-state index in [0.29, 0.717) is 26.9 Å². The first-order valence-corrected chi connectivity index (χ1v) is 10.5. The van der Waals surface area contributed by atoms with Crippen LogP contribution in [-0.2, 0) is 9.53 Å². The number of esters is 1. The van der Waals surface area contributed by atoms with Gasteiger partial charge in [-0.05, 0) is 50.1 Å². The van der Waals surface area contributed by atoms with Crippen LogP contribution in [0.2, 0.25) is 5.02 Å². The van der Waals surface area contributed by atoms with Crippen LogP contribution >= 0.6 is 22.9 Å². The van der Waals surface area contributed by atoms with Gasteiger partial charge in [0.05, 0.1) is 7.11 Å². The third-order valence-electron chi connectivity index (χ3n) is 4.53. The molecule has 5 nitrogen and oxygen atoms in total. The molecule has 0 atom stereocenters. The summed E-state index contributed by atoms with van der Waals surface area (Å²) in [6.07, 6.45) is 0. The Hall–Kier alpha value is -2.83. The van der Waals surface area contributed by atoms with Gasteiger partial charge in [0.2, 0.25) is 0 Å². The molecule has 0 aliphatic heterocycles. The van der Waals surface area contributed by atoms with Crippen molar-refractivity contribution in [1.29, 1.82) is 0 Å². The van der Waals surface area contributed by atoms with E-state index in [9.17, 15) is 9.59 Å². The normalized spacial score (nSPS) is 10.6. The number of thiophene rings is 1. The molecular weight excluding hydrogens is 422 g/mol. The molecule has 0 spiro atoms. The van der Waals surface area contributed by atoms with E-state index in [1.165, 1.54) is 18.4 Å². The molecule has 0 saturated carbocycles. The molecule has 0 bridgehead atoms. The number of carbonyl (C=O) groups is 2. The Morgan fingerprint density at radius 2 is 1.87 bits per heavy atom. The first kappa shape index (κ1) is 21.9. The quantitative estimate of drug-likeness (QED) is 0.489. The zero-order chi connectivity index (χ0) is 21.8. The number of hydrogen-bond acceptors (Lipinski definition) is 5. The minimum absolute atomic E-state index is 0.173. The highest BCUT2D eigenvalue weighted by Crippen LogP contribution is 2.41. The molecule has 0 radical (unpaired) electrons. The van der Waals surface area contributed by atoms with Gasteiger partial charge in [0, 0.05) is 15.5 Å². The van der Waals surface area contributed by atoms with Gasteiger partial charge in [0.25, 0.3) is 5.91 Å². The van der Waals surface area contributed by atoms with Crippen LogP contribution in [-0.4, -0.2) is 25.6 Å². The predicted molar refractivity (Wildman–Crippen MR) is 121 cm³/mol. The van der Waals surface area contributed by atoms with Gasteiger partial charge in [0.15, 0.2) is 6.61 Å². The van der Waals surface area contributed by atoms with Crippen molar-refractivity contribution in [2.45, 2.75) is 20.8 Å². The number of nitrogens with one attached hydrogen (secondary N) is 1. The lowest BCUT2D eigenvalue weighted by Gasteiger charge is -2.11. The lowest BCUT2D eigenvalue weighted by Crippen LogP contribution is -2.21. The summed E-state index contributed by atoms with van der Waals surface area (Å²) in [7, 11) is 1.31. The van der Waals surface area contributed by atoms with Gasteiger partial charge >= 0.3 is 5.97 Å². The maximum atomic E-state index is 12.5. The molecule has 7 heteroatoms. The van der Waals surface area contributed by atoms with Crippen molar-refractivity contribution in [3.8, 4) is 16.9 Å². The van der Waals surface area contributed by atoms with Crippen LogP contribution in [0.5, 0.6) is 5.75 Å². The molecule has 1 heterocycles. The molecule has 0 saturated heterocycles. The standard InChI is InChI=1S/C23H22ClNO4S/c1-13-8-9-18(14(2)10-13)29-12-19(26)25-22-21(23(27)28-4)20(15(3)30-22)16-6-5-7-17(24)11-16/h5-11H,12H2,1-4H3,(H,25,26). The second-order valence-corrected chi connectivity index (χ2v) is 8.51. The van der Waals surface area contributed by atoms with Crippen LogP contribution in [0.15, 0.2) is 42.5 Å². The number of aryl methyl sites for hydroxylation is 3. The lowest BCUT2D eigenvalue weighted by molar-refractivity contribution is -0.118. The molecule has 0 aliphatic rings. The number of benzene rings is 2. The molecule has 0 unspecified atom stereocenters. The van der Waals surface area contributed by atoms with Gasteiger partial charge < -0.3 is 14.8 Å². The molecule has 1 amide bonds. The van der Waals surface area contributed by atoms with Crippen LogP contribution in [0.1, 0.15) is 26.4 Å². The van der Waals surface area contributed by atoms with Crippen molar-refractivity contribution in [2.75, 3.05) is 19.0 Å². The Kier molecular flexibility index (Phi) is 6.80. The zero-order valence-electron chi connectivity index (χ0n) is 17.2. The van der Waals surface area contributed by atoms with Gasteiger partial charge in [-0.1, -0.05) is 41.4 Å². The first-order chi connectivity index (χ1) is 14.3. The molecule has 30 heavy (non-hydrogen) atoms. The summed E-state index contributed by atoms with van der Waals surface area (Å²) in [4.78, 5) is 25.9. The fraction of sp³-hybridized carbons (Fsp3) is 0.217. The monoisotopic (exact) mass is 443 g/mol. The highest BCUT2D eigenvalue weighted by Gasteiger charge is 2.25. The number of hydrogen-bond donors (Lipinski definition) is 1. The maximum absolute atomic E-state index is 12.5. The minimum atomic E-state index is -0.528. The summed E-state index contributed by atoms with van der Waals surface area (Å²) in [6.45, 7) is 5.63. The number of ether oxygens (including phenoxy) is 2. The van der Waals surface area contributed by atoms with Gasteiger partial charge in [-0.3, -0.25) is 4.79 Å². The largest absolute Gasteiger partial charge is 0.483 e. The average Bonchev–Trinajstić information content (AvgIpc) is 3.02. The van der Waals surface area contributed by atoms with Gasteiger partial charge in [0.1, 0.15) is 16.3 Å². The van der Waals surface area contributed by atoms with Gasteiger partial charge in [-0.25, -0.2) is 4.79 Å². The van der Waals surface area contributed by atoms with Crippen LogP contribution in [0, 0.1) is 20.8 Å². The molecule has 3 aromatic rings. The Morgan fingerprint density at radius 1 is 1.10 bits per heavy atom. The number of rotatable bonds is 6. The fourth-order valence-corrected chi connectivity index (χ4v) is 4.46. The van der Waals surface area contributed by atoms with Crippen molar-refractivity contribution >= 4 is 39.8 Å². The fourth-order valence-electron chi connectivity index (χ4n) is 3.19. The van der Waals surface area contributed by atoms with Gasteiger partial charge in [-0.15, -0.1) is 11.3 Å². The number of halogens is 1. The summed E-state index contributed by atoms with van der Waals surface area (Å²) in [5, 5.41) is 3.77. The number of anilines is 1. The van der Waals surface area contributed by atoms with Crippen LogP contribution in [0.25, 0.3) is 11.1 Å². The minimum Gasteiger partial charge on any atom is -0.483 e. The molecule has 2 aromatic carbocycles. The van der Waals surface area contributed by atoms with Crippen molar-refractivity contribution in [3.05, 3.63) is 69.1 Å². The molecule has 3 rings (SSSR count). The van der Waals surface area contributed by atoms with E-state index in [2.05, 4.69) is 5.32 Å². The Labute approximate surface area is 184 Å². The van der Waals surface area contributed by atoms with E-state index in [-0.39, 0.29) is 12.5 Å². The summed E-state index contributed by atoms with van der Waals surface area (Å²) in [5.41, 5.74) is 3.86. The van der Waals surface area contributed by atoms with Crippen molar-refractivity contribution in [3.63, 3.8) is 0 Å². The van der Waals surface area contributed by atoms with E-state index in [1.54, 1.807) is 12.1 Å². The highest BCUT2D eigenvalue weighted by molar-refractivity contribution is 7.17.